The predicted octanol–water partition coefficient (Wildman–Crippen LogP) is 6.27. The first-order valence-electron chi connectivity index (χ1n) is 12.4. The van der Waals surface area contributed by atoms with Gasteiger partial charge in [0.05, 0.1) is 17.5 Å². The number of thiazole rings is 1. The highest BCUT2D eigenvalue weighted by Gasteiger charge is 2.28. The molecule has 9 heteroatoms. The van der Waals surface area contributed by atoms with Gasteiger partial charge in [-0.1, -0.05) is 50.1 Å². The Hall–Kier alpha value is -2.23. The Bertz CT molecular complexity index is 1150. The maximum absolute atomic E-state index is 12.8. The molecule has 7 nitrogen and oxygen atoms in total. The number of rotatable bonds is 9. The summed E-state index contributed by atoms with van der Waals surface area (Å²) in [4.78, 5) is 19.6. The molecule has 0 aliphatic heterocycles. The van der Waals surface area contributed by atoms with Crippen LogP contribution in [-0.4, -0.2) is 50.4 Å². The molecule has 1 aliphatic carbocycles. The van der Waals surface area contributed by atoms with Crippen LogP contribution in [0.5, 0.6) is 0 Å². The van der Waals surface area contributed by atoms with E-state index < -0.39 is 0 Å². The minimum Gasteiger partial charge on any atom is -0.302 e. The number of amides is 1. The monoisotopic (exact) mass is 512 g/mol. The molecule has 1 amide bonds. The normalized spacial score (nSPS) is 15.5. The fourth-order valence-electron chi connectivity index (χ4n) is 4.73. The highest BCUT2D eigenvalue weighted by atomic mass is 32.2. The van der Waals surface area contributed by atoms with Crippen LogP contribution in [0.2, 0.25) is 0 Å². The van der Waals surface area contributed by atoms with Crippen LogP contribution in [0.3, 0.4) is 0 Å². The van der Waals surface area contributed by atoms with Gasteiger partial charge in [-0.15, -0.1) is 21.5 Å². The van der Waals surface area contributed by atoms with E-state index in [0.717, 1.165) is 41.5 Å². The fraction of sp³-hybridized carbons (Fsp3) is 0.538. The number of nitrogens with one attached hydrogen (secondary N) is 1. The highest BCUT2D eigenvalue weighted by molar-refractivity contribution is 7.99. The number of aryl methyl sites for hydroxylation is 2. The first kappa shape index (κ1) is 25.9. The fourth-order valence-corrected chi connectivity index (χ4v) is 6.27. The van der Waals surface area contributed by atoms with Crippen molar-refractivity contribution in [2.45, 2.75) is 76.5 Å². The van der Waals surface area contributed by atoms with E-state index in [2.05, 4.69) is 83.0 Å². The summed E-state index contributed by atoms with van der Waals surface area (Å²) in [6.45, 7) is 6.39. The molecule has 1 aromatic carbocycles. The Kier molecular flexibility index (Phi) is 8.62. The molecular weight excluding hydrogens is 476 g/mol. The molecule has 0 bridgehead atoms. The van der Waals surface area contributed by atoms with E-state index in [-0.39, 0.29) is 17.7 Å². The Labute approximate surface area is 216 Å². The number of benzene rings is 1. The van der Waals surface area contributed by atoms with Gasteiger partial charge in [0.2, 0.25) is 5.91 Å². The van der Waals surface area contributed by atoms with Gasteiger partial charge in [-0.3, -0.25) is 9.69 Å². The lowest BCUT2D eigenvalue weighted by atomic mass is 9.95. The Morgan fingerprint density at radius 3 is 2.66 bits per heavy atom. The standard InChI is InChI=1S/C26H36N6OS2/c1-6-22(31(4)5)24-29-30-26(32(24)20-10-8-7-9-11-20)35-16-23(33)28-25-27-21(15-34-25)19-13-12-17(2)18(3)14-19/h12-15,20,22H,6-11,16H2,1-5H3,(H,27,28,33). The zero-order valence-electron chi connectivity index (χ0n) is 21.4. The first-order chi connectivity index (χ1) is 16.9. The summed E-state index contributed by atoms with van der Waals surface area (Å²) < 4.78 is 2.33. The molecule has 2 heterocycles. The lowest BCUT2D eigenvalue weighted by Gasteiger charge is -2.29. The average molecular weight is 513 g/mol. The smallest absolute Gasteiger partial charge is 0.236 e. The van der Waals surface area contributed by atoms with Crippen LogP contribution in [0.1, 0.15) is 74.5 Å². The summed E-state index contributed by atoms with van der Waals surface area (Å²) >= 11 is 2.92. The number of carbonyl (C=O) groups is 1. The Morgan fingerprint density at radius 1 is 1.20 bits per heavy atom. The third kappa shape index (κ3) is 6.13. The molecule has 3 aromatic rings. The second-order valence-corrected chi connectivity index (χ2v) is 11.4. The van der Waals surface area contributed by atoms with Crippen LogP contribution in [0.4, 0.5) is 5.13 Å². The van der Waals surface area contributed by atoms with Gasteiger partial charge in [0.15, 0.2) is 16.1 Å². The van der Waals surface area contributed by atoms with Gasteiger partial charge < -0.3 is 9.88 Å². The van der Waals surface area contributed by atoms with Crippen LogP contribution in [0.15, 0.2) is 28.7 Å². The van der Waals surface area contributed by atoms with Crippen molar-refractivity contribution >= 4 is 34.1 Å². The first-order valence-corrected chi connectivity index (χ1v) is 14.3. The van der Waals surface area contributed by atoms with E-state index >= 15 is 0 Å². The van der Waals surface area contributed by atoms with Crippen molar-refractivity contribution < 1.29 is 4.79 Å². The van der Waals surface area contributed by atoms with E-state index in [1.165, 1.54) is 53.5 Å². The van der Waals surface area contributed by atoms with Crippen molar-refractivity contribution in [3.8, 4) is 11.3 Å². The van der Waals surface area contributed by atoms with Crippen LogP contribution in [-0.2, 0) is 4.79 Å². The molecule has 1 atom stereocenters. The SMILES string of the molecule is CCC(c1nnc(SCC(=O)Nc2nc(-c3ccc(C)c(C)c3)cs2)n1C1CCCCC1)N(C)C. The summed E-state index contributed by atoms with van der Waals surface area (Å²) in [6, 6.07) is 6.94. The number of hydrogen-bond acceptors (Lipinski definition) is 7. The summed E-state index contributed by atoms with van der Waals surface area (Å²) in [7, 11) is 4.18. The summed E-state index contributed by atoms with van der Waals surface area (Å²) in [5, 5.41) is 15.6. The minimum absolute atomic E-state index is 0.0737. The van der Waals surface area contributed by atoms with Crippen molar-refractivity contribution in [2.24, 2.45) is 0 Å². The van der Waals surface area contributed by atoms with Crippen LogP contribution >= 0.6 is 23.1 Å². The van der Waals surface area contributed by atoms with Crippen LogP contribution < -0.4 is 5.32 Å². The average Bonchev–Trinajstić information content (AvgIpc) is 3.48. The molecule has 35 heavy (non-hydrogen) atoms. The number of thioether (sulfide) groups is 1. The molecule has 2 aromatic heterocycles. The molecule has 4 rings (SSSR count). The molecule has 0 spiro atoms. The third-order valence-electron chi connectivity index (χ3n) is 6.82. The number of aromatic nitrogens is 4. The Balaban J connectivity index is 1.44. The van der Waals surface area contributed by atoms with Gasteiger partial charge >= 0.3 is 0 Å². The molecule has 0 radical (unpaired) electrons. The van der Waals surface area contributed by atoms with Crippen LogP contribution in [0.25, 0.3) is 11.3 Å². The Morgan fingerprint density at radius 2 is 1.97 bits per heavy atom. The number of carbonyl (C=O) groups excluding carboxylic acids is 1. The van der Waals surface area contributed by atoms with E-state index in [4.69, 9.17) is 0 Å². The van der Waals surface area contributed by atoms with Crippen molar-refractivity contribution in [1.82, 2.24) is 24.6 Å². The molecule has 188 valence electrons. The summed E-state index contributed by atoms with van der Waals surface area (Å²) in [5.41, 5.74) is 4.45. The van der Waals surface area contributed by atoms with Crippen LogP contribution in [0, 0.1) is 13.8 Å². The minimum atomic E-state index is -0.0737. The number of anilines is 1. The summed E-state index contributed by atoms with van der Waals surface area (Å²) in [6.07, 6.45) is 7.03. The van der Waals surface area contributed by atoms with Gasteiger partial charge in [0, 0.05) is 17.0 Å². The van der Waals surface area contributed by atoms with Crippen molar-refractivity contribution in [3.63, 3.8) is 0 Å². The highest BCUT2D eigenvalue weighted by Crippen LogP contribution is 2.35. The zero-order valence-corrected chi connectivity index (χ0v) is 23.0. The number of nitrogens with zero attached hydrogens (tertiary/aromatic N) is 5. The molecule has 0 saturated heterocycles. The topological polar surface area (TPSA) is 75.9 Å². The molecule has 1 N–H and O–H groups in total. The van der Waals surface area contributed by atoms with Gasteiger partial charge in [-0.05, 0) is 64.4 Å². The van der Waals surface area contributed by atoms with Crippen molar-refractivity contribution in [2.75, 3.05) is 25.2 Å². The zero-order chi connectivity index (χ0) is 24.9. The van der Waals surface area contributed by atoms with Crippen molar-refractivity contribution in [3.05, 3.63) is 40.5 Å². The van der Waals surface area contributed by atoms with E-state index in [1.54, 1.807) is 0 Å². The van der Waals surface area contributed by atoms with Gasteiger partial charge in [0.1, 0.15) is 0 Å². The van der Waals surface area contributed by atoms with Gasteiger partial charge in [0.25, 0.3) is 0 Å². The molecular formula is C26H36N6OS2. The lowest BCUT2D eigenvalue weighted by Crippen LogP contribution is -2.26. The number of hydrogen-bond donors (Lipinski definition) is 1. The lowest BCUT2D eigenvalue weighted by molar-refractivity contribution is -0.113. The largest absolute Gasteiger partial charge is 0.302 e. The second-order valence-electron chi connectivity index (χ2n) is 9.56. The van der Waals surface area contributed by atoms with E-state index in [9.17, 15) is 4.79 Å². The molecule has 1 unspecified atom stereocenters. The van der Waals surface area contributed by atoms with Gasteiger partial charge in [-0.25, -0.2) is 4.98 Å². The summed E-state index contributed by atoms with van der Waals surface area (Å²) in [5.74, 6) is 1.22. The maximum Gasteiger partial charge on any atom is 0.236 e. The molecule has 1 fully saturated rings. The van der Waals surface area contributed by atoms with Gasteiger partial charge in [-0.2, -0.15) is 0 Å². The van der Waals surface area contributed by atoms with E-state index in [1.807, 2.05) is 5.38 Å². The van der Waals surface area contributed by atoms with Crippen molar-refractivity contribution in [1.29, 1.82) is 0 Å². The van der Waals surface area contributed by atoms with E-state index in [0.29, 0.717) is 11.2 Å². The predicted molar refractivity (Wildman–Crippen MR) is 145 cm³/mol. The molecule has 1 aliphatic rings. The quantitative estimate of drug-likeness (QED) is 0.341. The third-order valence-corrected chi connectivity index (χ3v) is 8.53. The molecule has 1 saturated carbocycles. The second kappa shape index (κ2) is 11.7. The maximum atomic E-state index is 12.8.